The second-order valence-corrected chi connectivity index (χ2v) is 7.74. The Hall–Kier alpha value is -0.270. The van der Waals surface area contributed by atoms with Crippen LogP contribution in [0.1, 0.15) is 85.0 Å². The smallest absolute Gasteiger partial charge is 0.156 e. The lowest BCUT2D eigenvalue weighted by molar-refractivity contribution is -0.104. The highest BCUT2D eigenvalue weighted by Crippen LogP contribution is 2.29. The molecule has 0 bridgehead atoms. The van der Waals surface area contributed by atoms with Gasteiger partial charge in [-0.3, -0.25) is 0 Å². The summed E-state index contributed by atoms with van der Waals surface area (Å²) in [6.07, 6.45) is 10.5. The number of hydrogen-bond donors (Lipinski definition) is 5. The molecule has 0 spiro atoms. The zero-order chi connectivity index (χ0) is 20.4. The molecule has 5 N–H and O–H groups in total. The Morgan fingerprint density at radius 3 is 1.58 bits per heavy atom. The Morgan fingerprint density at radius 1 is 0.846 bits per heavy atom. The zero-order valence-electron chi connectivity index (χ0n) is 17.0. The van der Waals surface area contributed by atoms with Crippen molar-refractivity contribution < 1.29 is 25.5 Å². The maximum Gasteiger partial charge on any atom is 0.156 e. The maximum atomic E-state index is 10.2. The molecule has 26 heavy (non-hydrogen) atoms. The molecule has 0 fully saturated rings. The maximum absolute atomic E-state index is 10.2. The first-order chi connectivity index (χ1) is 12.3. The molecule has 0 radical (unpaired) electrons. The first kappa shape index (κ1) is 27.9. The molecule has 2 unspecified atom stereocenters. The molecule has 0 rings (SSSR count). The summed E-state index contributed by atoms with van der Waals surface area (Å²) in [7, 11) is 0. The predicted molar refractivity (Wildman–Crippen MR) is 112 cm³/mol. The Kier molecular flexibility index (Phi) is 19.5. The van der Waals surface area contributed by atoms with E-state index in [-0.39, 0.29) is 11.0 Å². The average molecular weight is 395 g/mol. The molecular weight excluding hydrogens is 352 g/mol. The molecule has 158 valence electrons. The SMILES string of the molecule is CCC(O)=S.CCCCCCCCCCC(C)C(O)C(CO)(CO)CO. The molecule has 2 atom stereocenters. The number of unbranched alkanes of at least 4 members (excludes halogenated alkanes) is 7. The molecule has 0 aromatic carbocycles. The van der Waals surface area contributed by atoms with Gasteiger partial charge in [0.1, 0.15) is 0 Å². The van der Waals surface area contributed by atoms with Crippen LogP contribution in [0.5, 0.6) is 0 Å². The standard InChI is InChI=1S/C17H36O4.C3H6OS/c1-3-4-5-6-7-8-9-10-11-15(2)16(21)17(12-18,13-19)14-20;1-2-3(4)5/h15-16,18-21H,3-14H2,1-2H3;2H2,1H3,(H,4,5). The molecule has 0 aromatic heterocycles. The van der Waals surface area contributed by atoms with E-state index < -0.39 is 31.3 Å². The minimum atomic E-state index is -1.18. The van der Waals surface area contributed by atoms with Crippen molar-refractivity contribution in [2.24, 2.45) is 11.3 Å². The minimum absolute atomic E-state index is 0.0310. The monoisotopic (exact) mass is 394 g/mol. The number of aliphatic hydroxyl groups is 5. The van der Waals surface area contributed by atoms with Gasteiger partial charge in [0.25, 0.3) is 0 Å². The number of aliphatic hydroxyl groups excluding tert-OH is 5. The molecule has 0 saturated carbocycles. The fraction of sp³-hybridized carbons (Fsp3) is 0.950. The van der Waals surface area contributed by atoms with Gasteiger partial charge in [-0.15, -0.1) is 0 Å². The van der Waals surface area contributed by atoms with Crippen molar-refractivity contribution in [2.75, 3.05) is 19.8 Å². The van der Waals surface area contributed by atoms with E-state index in [4.69, 9.17) is 5.11 Å². The third kappa shape index (κ3) is 13.0. The van der Waals surface area contributed by atoms with E-state index in [1.54, 1.807) is 0 Å². The van der Waals surface area contributed by atoms with Gasteiger partial charge in [-0.25, -0.2) is 0 Å². The van der Waals surface area contributed by atoms with E-state index in [9.17, 15) is 20.4 Å². The Labute approximate surface area is 165 Å². The van der Waals surface area contributed by atoms with Crippen LogP contribution in [-0.4, -0.2) is 56.5 Å². The van der Waals surface area contributed by atoms with Crippen LogP contribution in [-0.2, 0) is 0 Å². The van der Waals surface area contributed by atoms with E-state index in [0.717, 1.165) is 19.3 Å². The molecule has 0 saturated heterocycles. The van der Waals surface area contributed by atoms with Crippen LogP contribution in [0.4, 0.5) is 0 Å². The van der Waals surface area contributed by atoms with Gasteiger partial charge in [-0.2, -0.15) is 0 Å². The third-order valence-electron chi connectivity index (χ3n) is 4.93. The van der Waals surface area contributed by atoms with Gasteiger partial charge in [0.05, 0.1) is 31.3 Å². The third-order valence-corrected chi connectivity index (χ3v) is 5.22. The zero-order valence-corrected chi connectivity index (χ0v) is 17.8. The van der Waals surface area contributed by atoms with Crippen LogP contribution in [0, 0.1) is 11.3 Å². The number of hydrogen-bond acceptors (Lipinski definition) is 5. The van der Waals surface area contributed by atoms with Crippen LogP contribution in [0.15, 0.2) is 0 Å². The second-order valence-electron chi connectivity index (χ2n) is 7.27. The lowest BCUT2D eigenvalue weighted by Crippen LogP contribution is -2.48. The van der Waals surface area contributed by atoms with Gasteiger partial charge in [-0.05, 0) is 24.6 Å². The predicted octanol–water partition coefficient (Wildman–Crippen LogP) is 3.76. The summed E-state index contributed by atoms with van der Waals surface area (Å²) in [5.74, 6) is -0.0310. The van der Waals surface area contributed by atoms with Crippen LogP contribution >= 0.6 is 12.2 Å². The summed E-state index contributed by atoms with van der Waals surface area (Å²) in [4.78, 5) is 0. The molecule has 0 heterocycles. The van der Waals surface area contributed by atoms with Gasteiger partial charge in [-0.1, -0.05) is 72.1 Å². The van der Waals surface area contributed by atoms with Crippen LogP contribution < -0.4 is 0 Å². The fourth-order valence-electron chi connectivity index (χ4n) is 2.79. The summed E-state index contributed by atoms with van der Waals surface area (Å²) in [6.45, 7) is 4.75. The van der Waals surface area contributed by atoms with Crippen molar-refractivity contribution >= 4 is 17.3 Å². The topological polar surface area (TPSA) is 101 Å². The van der Waals surface area contributed by atoms with Gasteiger partial charge in [0.15, 0.2) is 5.05 Å². The van der Waals surface area contributed by atoms with E-state index in [0.29, 0.717) is 6.42 Å². The van der Waals surface area contributed by atoms with Gasteiger partial charge < -0.3 is 25.5 Å². The van der Waals surface area contributed by atoms with Crippen molar-refractivity contribution in [3.05, 3.63) is 0 Å². The molecule has 0 aliphatic carbocycles. The van der Waals surface area contributed by atoms with E-state index in [2.05, 4.69) is 19.1 Å². The molecule has 5 nitrogen and oxygen atoms in total. The molecule has 6 heteroatoms. The quantitative estimate of drug-likeness (QED) is 0.214. The van der Waals surface area contributed by atoms with Crippen molar-refractivity contribution in [1.82, 2.24) is 0 Å². The molecule has 0 amide bonds. The lowest BCUT2D eigenvalue weighted by Gasteiger charge is -2.36. The summed E-state index contributed by atoms with van der Waals surface area (Å²) >= 11 is 4.25. The van der Waals surface area contributed by atoms with Gasteiger partial charge in [0, 0.05) is 6.42 Å². The average Bonchev–Trinajstić information content (AvgIpc) is 2.65. The second kappa shape index (κ2) is 18.1. The summed E-state index contributed by atoms with van der Waals surface area (Å²) in [5.41, 5.74) is -1.18. The highest BCUT2D eigenvalue weighted by Gasteiger charge is 2.39. The minimum Gasteiger partial charge on any atom is -0.502 e. The molecule has 0 aromatic rings. The molecule has 0 aliphatic rings. The van der Waals surface area contributed by atoms with Crippen molar-refractivity contribution in [3.63, 3.8) is 0 Å². The molecular formula is C20H42O5S. The largest absolute Gasteiger partial charge is 0.502 e. The summed E-state index contributed by atoms with van der Waals surface area (Å²) in [5, 5.41) is 46.4. The highest BCUT2D eigenvalue weighted by atomic mass is 32.1. The van der Waals surface area contributed by atoms with Crippen molar-refractivity contribution in [3.8, 4) is 0 Å². The van der Waals surface area contributed by atoms with E-state index >= 15 is 0 Å². The fourth-order valence-corrected chi connectivity index (χ4v) is 2.79. The van der Waals surface area contributed by atoms with E-state index in [1.807, 2.05) is 13.8 Å². The van der Waals surface area contributed by atoms with E-state index in [1.165, 1.54) is 38.5 Å². The lowest BCUT2D eigenvalue weighted by atomic mass is 9.77. The Morgan fingerprint density at radius 2 is 1.23 bits per heavy atom. The highest BCUT2D eigenvalue weighted by molar-refractivity contribution is 7.80. The normalized spacial score (nSPS) is 13.7. The Bertz CT molecular complexity index is 313. The van der Waals surface area contributed by atoms with Gasteiger partial charge in [0.2, 0.25) is 0 Å². The van der Waals surface area contributed by atoms with Crippen LogP contribution in [0.3, 0.4) is 0 Å². The first-order valence-corrected chi connectivity index (χ1v) is 10.5. The van der Waals surface area contributed by atoms with Crippen LogP contribution in [0.25, 0.3) is 0 Å². The molecule has 0 aliphatic heterocycles. The Balaban J connectivity index is 0. The first-order valence-electron chi connectivity index (χ1n) is 10.1. The summed E-state index contributed by atoms with van der Waals surface area (Å²) in [6, 6.07) is 0. The number of rotatable bonds is 15. The van der Waals surface area contributed by atoms with Gasteiger partial charge >= 0.3 is 0 Å². The van der Waals surface area contributed by atoms with Crippen molar-refractivity contribution in [1.29, 1.82) is 0 Å². The van der Waals surface area contributed by atoms with Crippen molar-refractivity contribution in [2.45, 2.75) is 91.1 Å². The number of thiocarbonyl (C=S) groups is 1. The summed E-state index contributed by atoms with van der Waals surface area (Å²) < 4.78 is 0. The van der Waals surface area contributed by atoms with Crippen LogP contribution in [0.2, 0.25) is 0 Å².